The van der Waals surface area contributed by atoms with Crippen molar-refractivity contribution in [2.45, 2.75) is 38.5 Å². The molecule has 0 unspecified atom stereocenters. The summed E-state index contributed by atoms with van der Waals surface area (Å²) in [6.45, 7) is 2.93. The lowest BCUT2D eigenvalue weighted by molar-refractivity contribution is 0.192. The molecule has 1 aromatic heterocycles. The van der Waals surface area contributed by atoms with Crippen LogP contribution in [0.15, 0.2) is 10.9 Å². The number of aromatic nitrogens is 1. The molecule has 0 aromatic carbocycles. The van der Waals surface area contributed by atoms with E-state index in [1.165, 1.54) is 37.8 Å². The lowest BCUT2D eigenvalue weighted by Crippen LogP contribution is -2.42. The van der Waals surface area contributed by atoms with Crippen LogP contribution in [0.3, 0.4) is 0 Å². The van der Waals surface area contributed by atoms with Gasteiger partial charge in [-0.15, -0.1) is 11.3 Å². The Bertz CT molecular complexity index is 304. The van der Waals surface area contributed by atoms with Crippen molar-refractivity contribution in [2.24, 2.45) is 11.1 Å². The summed E-state index contributed by atoms with van der Waals surface area (Å²) in [5.41, 5.74) is 9.44. The molecule has 3 nitrogen and oxygen atoms in total. The molecule has 1 fully saturated rings. The maximum Gasteiger partial charge on any atom is 0.0794 e. The summed E-state index contributed by atoms with van der Waals surface area (Å²) in [6.07, 6.45) is 7.72. The van der Waals surface area contributed by atoms with Gasteiger partial charge < -0.3 is 11.1 Å². The average Bonchev–Trinajstić information content (AvgIpc) is 2.89. The molecular weight excluding hydrogens is 230 g/mol. The molecule has 0 aliphatic heterocycles. The second kappa shape index (κ2) is 6.47. The first-order valence-electron chi connectivity index (χ1n) is 6.63. The molecule has 3 N–H and O–H groups in total. The summed E-state index contributed by atoms with van der Waals surface area (Å²) in [5, 5.41) is 5.70. The number of rotatable bonds is 6. The normalized spacial score (nSPS) is 19.4. The van der Waals surface area contributed by atoms with E-state index in [1.54, 1.807) is 11.3 Å². The molecule has 1 aliphatic carbocycles. The number of hydrogen-bond acceptors (Lipinski definition) is 4. The van der Waals surface area contributed by atoms with Crippen LogP contribution in [0.4, 0.5) is 0 Å². The molecular formula is C13H23N3S. The Labute approximate surface area is 108 Å². The van der Waals surface area contributed by atoms with E-state index in [0.717, 1.165) is 26.1 Å². The maximum atomic E-state index is 5.96. The highest BCUT2D eigenvalue weighted by molar-refractivity contribution is 7.07. The Morgan fingerprint density at radius 2 is 2.18 bits per heavy atom. The van der Waals surface area contributed by atoms with Crippen LogP contribution in [0, 0.1) is 5.41 Å². The Morgan fingerprint density at radius 3 is 2.82 bits per heavy atom. The predicted octanol–water partition coefficient (Wildman–Crippen LogP) is 2.18. The van der Waals surface area contributed by atoms with Crippen LogP contribution in [-0.2, 0) is 6.42 Å². The molecule has 17 heavy (non-hydrogen) atoms. The van der Waals surface area contributed by atoms with Crippen molar-refractivity contribution in [3.8, 4) is 0 Å². The molecule has 4 heteroatoms. The minimum atomic E-state index is 0.375. The lowest BCUT2D eigenvalue weighted by Gasteiger charge is -2.36. The minimum absolute atomic E-state index is 0.375. The van der Waals surface area contributed by atoms with Gasteiger partial charge in [0.1, 0.15) is 0 Å². The molecule has 2 rings (SSSR count). The number of nitrogens with one attached hydrogen (secondary N) is 1. The van der Waals surface area contributed by atoms with Crippen LogP contribution in [0.5, 0.6) is 0 Å². The van der Waals surface area contributed by atoms with Gasteiger partial charge in [-0.1, -0.05) is 19.3 Å². The molecule has 1 saturated carbocycles. The Kier molecular flexibility index (Phi) is 4.95. The van der Waals surface area contributed by atoms with Gasteiger partial charge >= 0.3 is 0 Å². The van der Waals surface area contributed by atoms with Gasteiger partial charge in [0.2, 0.25) is 0 Å². The van der Waals surface area contributed by atoms with Gasteiger partial charge in [-0.2, -0.15) is 0 Å². The number of thiazole rings is 1. The zero-order valence-electron chi connectivity index (χ0n) is 10.5. The zero-order chi connectivity index (χ0) is 12.0. The third-order valence-corrected chi connectivity index (χ3v) is 4.52. The van der Waals surface area contributed by atoms with E-state index in [4.69, 9.17) is 5.73 Å². The monoisotopic (exact) mass is 253 g/mol. The highest BCUT2D eigenvalue weighted by Crippen LogP contribution is 2.34. The smallest absolute Gasteiger partial charge is 0.0794 e. The van der Waals surface area contributed by atoms with Crippen molar-refractivity contribution < 1.29 is 0 Å². The molecule has 96 valence electrons. The number of nitrogens with two attached hydrogens (primary N) is 1. The molecule has 0 spiro atoms. The van der Waals surface area contributed by atoms with Crippen LogP contribution in [0.1, 0.15) is 37.8 Å². The summed E-state index contributed by atoms with van der Waals surface area (Å²) in [4.78, 5) is 4.29. The van der Waals surface area contributed by atoms with Crippen LogP contribution in [0.25, 0.3) is 0 Å². The predicted molar refractivity (Wildman–Crippen MR) is 73.3 cm³/mol. The van der Waals surface area contributed by atoms with E-state index in [0.29, 0.717) is 5.41 Å². The Hall–Kier alpha value is -0.450. The topological polar surface area (TPSA) is 50.9 Å². The highest BCUT2D eigenvalue weighted by atomic mass is 32.1. The Morgan fingerprint density at radius 1 is 1.35 bits per heavy atom. The van der Waals surface area contributed by atoms with E-state index in [-0.39, 0.29) is 0 Å². The molecule has 0 amide bonds. The van der Waals surface area contributed by atoms with Crippen LogP contribution in [-0.4, -0.2) is 24.6 Å². The lowest BCUT2D eigenvalue weighted by atomic mass is 9.74. The molecule has 0 atom stereocenters. The van der Waals surface area contributed by atoms with Gasteiger partial charge in [-0.3, -0.25) is 0 Å². The highest BCUT2D eigenvalue weighted by Gasteiger charge is 2.29. The number of nitrogens with zero attached hydrogens (tertiary/aromatic N) is 1. The molecule has 0 radical (unpaired) electrons. The van der Waals surface area contributed by atoms with Gasteiger partial charge in [0.25, 0.3) is 0 Å². The fourth-order valence-electron chi connectivity index (χ4n) is 2.69. The van der Waals surface area contributed by atoms with Gasteiger partial charge in [0.05, 0.1) is 11.2 Å². The van der Waals surface area contributed by atoms with Crippen molar-refractivity contribution in [3.05, 3.63) is 16.6 Å². The van der Waals surface area contributed by atoms with E-state index >= 15 is 0 Å². The summed E-state index contributed by atoms with van der Waals surface area (Å²) in [7, 11) is 0. The average molecular weight is 253 g/mol. The van der Waals surface area contributed by atoms with Crippen molar-refractivity contribution in [1.82, 2.24) is 10.3 Å². The van der Waals surface area contributed by atoms with Gasteiger partial charge in [0.15, 0.2) is 0 Å². The molecule has 1 aliphatic rings. The maximum absolute atomic E-state index is 5.96. The SMILES string of the molecule is NCC1(CNCCc2cscn2)CCCCC1. The molecule has 0 bridgehead atoms. The third-order valence-electron chi connectivity index (χ3n) is 3.89. The van der Waals surface area contributed by atoms with E-state index < -0.39 is 0 Å². The molecule has 0 saturated heterocycles. The van der Waals surface area contributed by atoms with Crippen molar-refractivity contribution in [2.75, 3.05) is 19.6 Å². The van der Waals surface area contributed by atoms with Crippen molar-refractivity contribution in [1.29, 1.82) is 0 Å². The second-order valence-corrected chi connectivity index (χ2v) is 5.89. The van der Waals surface area contributed by atoms with Crippen molar-refractivity contribution >= 4 is 11.3 Å². The summed E-state index contributed by atoms with van der Waals surface area (Å²) in [6, 6.07) is 0. The fourth-order valence-corrected chi connectivity index (χ4v) is 3.28. The first-order chi connectivity index (χ1) is 8.35. The first-order valence-corrected chi connectivity index (χ1v) is 7.57. The van der Waals surface area contributed by atoms with Crippen LogP contribution in [0.2, 0.25) is 0 Å². The Balaban J connectivity index is 1.69. The summed E-state index contributed by atoms with van der Waals surface area (Å²) < 4.78 is 0. The molecule has 1 aromatic rings. The zero-order valence-corrected chi connectivity index (χ0v) is 11.3. The van der Waals surface area contributed by atoms with Crippen LogP contribution >= 0.6 is 11.3 Å². The van der Waals surface area contributed by atoms with E-state index in [2.05, 4.69) is 15.7 Å². The van der Waals surface area contributed by atoms with E-state index in [9.17, 15) is 0 Å². The first kappa shape index (κ1) is 13.0. The quantitative estimate of drug-likeness (QED) is 0.764. The summed E-state index contributed by atoms with van der Waals surface area (Å²) >= 11 is 1.67. The minimum Gasteiger partial charge on any atom is -0.330 e. The van der Waals surface area contributed by atoms with E-state index in [1.807, 2.05) is 5.51 Å². The van der Waals surface area contributed by atoms with Gasteiger partial charge in [-0.05, 0) is 24.8 Å². The van der Waals surface area contributed by atoms with Crippen LogP contribution < -0.4 is 11.1 Å². The van der Waals surface area contributed by atoms with Gasteiger partial charge in [0, 0.05) is 24.9 Å². The number of hydrogen-bond donors (Lipinski definition) is 2. The van der Waals surface area contributed by atoms with Crippen molar-refractivity contribution in [3.63, 3.8) is 0 Å². The summed E-state index contributed by atoms with van der Waals surface area (Å²) in [5.74, 6) is 0. The van der Waals surface area contributed by atoms with Gasteiger partial charge in [-0.25, -0.2) is 4.98 Å². The fraction of sp³-hybridized carbons (Fsp3) is 0.769. The molecule has 1 heterocycles. The second-order valence-electron chi connectivity index (χ2n) is 5.17. The third kappa shape index (κ3) is 3.76. The standard InChI is InChI=1S/C13H23N3S/c14-9-13(5-2-1-3-6-13)10-15-7-4-12-8-17-11-16-12/h8,11,15H,1-7,9-10,14H2. The largest absolute Gasteiger partial charge is 0.330 e.